The van der Waals surface area contributed by atoms with Crippen LogP contribution >= 0.6 is 0 Å². The largest absolute Gasteiger partial charge is 0.364 e. The molecule has 3 nitrogen and oxygen atoms in total. The second-order valence-corrected chi connectivity index (χ2v) is 15.9. The van der Waals surface area contributed by atoms with Crippen LogP contribution in [0.4, 0.5) is 0 Å². The molecule has 2 heterocycles. The summed E-state index contributed by atoms with van der Waals surface area (Å²) >= 11 is 0. The van der Waals surface area contributed by atoms with Gasteiger partial charge in [-0.05, 0) is 65.1 Å². The van der Waals surface area contributed by atoms with E-state index in [0.717, 1.165) is 17.0 Å². The van der Waals surface area contributed by atoms with Gasteiger partial charge in [-0.2, -0.15) is 0 Å². The zero-order chi connectivity index (χ0) is 25.2. The van der Waals surface area contributed by atoms with Gasteiger partial charge in [0.15, 0.2) is 0 Å². The summed E-state index contributed by atoms with van der Waals surface area (Å²) in [5.74, 6) is 3.21. The lowest BCUT2D eigenvalue weighted by Crippen LogP contribution is -2.16. The molecular formula is C31H34N2OSi. The van der Waals surface area contributed by atoms with Crippen molar-refractivity contribution in [2.75, 3.05) is 0 Å². The predicted molar refractivity (Wildman–Crippen MR) is 148 cm³/mol. The summed E-state index contributed by atoms with van der Waals surface area (Å²) in [6.07, 6.45) is 1.94. The Morgan fingerprint density at radius 2 is 1.54 bits per heavy atom. The van der Waals surface area contributed by atoms with Crippen molar-refractivity contribution in [1.82, 2.24) is 9.97 Å². The Kier molecular flexibility index (Phi) is 6.74. The summed E-state index contributed by atoms with van der Waals surface area (Å²) in [6.45, 7) is 13.3. The van der Waals surface area contributed by atoms with Crippen molar-refractivity contribution >= 4 is 13.9 Å². The first kappa shape index (κ1) is 24.6. The molecule has 4 heteroatoms. The molecule has 0 amide bonds. The van der Waals surface area contributed by atoms with Crippen molar-refractivity contribution in [1.29, 1.82) is 0 Å². The van der Waals surface area contributed by atoms with Crippen LogP contribution in [0.3, 0.4) is 0 Å². The number of hydrogen-bond donors (Lipinski definition) is 2. The molecule has 0 radical (unpaired) electrons. The number of benzene rings is 2. The van der Waals surface area contributed by atoms with Crippen LogP contribution < -0.4 is 0 Å². The molecule has 4 aromatic rings. The van der Waals surface area contributed by atoms with E-state index < -0.39 is 8.07 Å². The number of H-pyrrole nitrogens is 2. The minimum absolute atomic E-state index is 0.0141. The van der Waals surface area contributed by atoms with Crippen molar-refractivity contribution in [3.63, 3.8) is 0 Å². The van der Waals surface area contributed by atoms with Crippen LogP contribution in [0.15, 0.2) is 79.0 Å². The quantitative estimate of drug-likeness (QED) is 0.177. The van der Waals surface area contributed by atoms with Crippen molar-refractivity contribution < 1.29 is 4.79 Å². The van der Waals surface area contributed by atoms with E-state index in [1.807, 2.05) is 48.7 Å². The van der Waals surface area contributed by atoms with Crippen molar-refractivity contribution in [3.05, 3.63) is 118 Å². The molecule has 0 fully saturated rings. The van der Waals surface area contributed by atoms with E-state index in [4.69, 9.17) is 0 Å². The van der Waals surface area contributed by atoms with Crippen molar-refractivity contribution in [3.8, 4) is 11.5 Å². The number of carbonyl (C=O) groups is 1. The zero-order valence-electron chi connectivity index (χ0n) is 21.5. The first-order valence-electron chi connectivity index (χ1n) is 12.1. The second-order valence-electron chi connectivity index (χ2n) is 11.2. The molecule has 1 unspecified atom stereocenters. The topological polar surface area (TPSA) is 48.6 Å². The minimum Gasteiger partial charge on any atom is -0.364 e. The number of carbonyl (C=O) groups excluding carboxylic acids is 1. The van der Waals surface area contributed by atoms with E-state index in [1.165, 1.54) is 11.1 Å². The number of ketones is 1. The monoisotopic (exact) mass is 478 g/mol. The van der Waals surface area contributed by atoms with Gasteiger partial charge in [-0.15, -0.1) is 5.54 Å². The molecule has 0 bridgehead atoms. The molecular weight excluding hydrogens is 444 g/mol. The lowest BCUT2D eigenvalue weighted by atomic mass is 9.84. The van der Waals surface area contributed by atoms with Crippen molar-refractivity contribution in [2.45, 2.75) is 51.7 Å². The highest BCUT2D eigenvalue weighted by Crippen LogP contribution is 2.32. The summed E-state index contributed by atoms with van der Waals surface area (Å²) in [5, 5.41) is 0. The second kappa shape index (κ2) is 9.60. The molecule has 35 heavy (non-hydrogen) atoms. The molecule has 0 saturated heterocycles. The van der Waals surface area contributed by atoms with E-state index in [0.29, 0.717) is 11.3 Å². The van der Waals surface area contributed by atoms with Gasteiger partial charge in [0.05, 0.1) is 11.6 Å². The average Bonchev–Trinajstić information content (AvgIpc) is 3.50. The molecule has 0 spiro atoms. The van der Waals surface area contributed by atoms with Crippen LogP contribution in [-0.2, 0) is 5.41 Å². The fourth-order valence-corrected chi connectivity index (χ4v) is 4.58. The lowest BCUT2D eigenvalue weighted by molar-refractivity contribution is 0.103. The Morgan fingerprint density at radius 3 is 2.11 bits per heavy atom. The minimum atomic E-state index is -1.44. The molecule has 2 aromatic heterocycles. The first-order chi connectivity index (χ1) is 16.5. The van der Waals surface area contributed by atoms with E-state index in [-0.39, 0.29) is 17.1 Å². The highest BCUT2D eigenvalue weighted by atomic mass is 28.3. The van der Waals surface area contributed by atoms with E-state index in [2.05, 4.69) is 92.2 Å². The summed E-state index contributed by atoms with van der Waals surface area (Å²) in [6, 6.07) is 24.4. The van der Waals surface area contributed by atoms with Gasteiger partial charge in [-0.25, -0.2) is 0 Å². The fourth-order valence-electron chi connectivity index (χ4n) is 4.06. The standard InChI is InChI=1S/C31H34N2OSi/c1-31(2,3)25-15-13-23(14-16-25)29(26-8-7-20-32-26)27-17-18-28(33-27)30(34)24-11-9-22(10-12-24)19-21-35(4,5)6/h7-18,20,29,32-33H,1-6H3. The maximum atomic E-state index is 13.2. The molecule has 0 aliphatic rings. The van der Waals surface area contributed by atoms with Crippen LogP contribution in [-0.4, -0.2) is 23.8 Å². The number of hydrogen-bond acceptors (Lipinski definition) is 1. The van der Waals surface area contributed by atoms with Gasteiger partial charge in [0.1, 0.15) is 8.07 Å². The third kappa shape index (κ3) is 5.93. The van der Waals surface area contributed by atoms with Gasteiger partial charge in [0, 0.05) is 28.7 Å². The average molecular weight is 479 g/mol. The van der Waals surface area contributed by atoms with Crippen LogP contribution in [0.2, 0.25) is 19.6 Å². The Bertz CT molecular complexity index is 1350. The Hall–Kier alpha value is -3.55. The normalized spacial score (nSPS) is 12.6. The SMILES string of the molecule is CC(C)(C)c1ccc(C(c2ccc[nH]2)c2ccc(C(=O)c3ccc(C#C[Si](C)(C)C)cc3)[nH]2)cc1. The fraction of sp³-hybridized carbons (Fsp3) is 0.258. The summed E-state index contributed by atoms with van der Waals surface area (Å²) in [7, 11) is -1.44. The van der Waals surface area contributed by atoms with Gasteiger partial charge in [-0.1, -0.05) is 70.6 Å². The van der Waals surface area contributed by atoms with Crippen LogP contribution in [0.1, 0.15) is 70.8 Å². The number of aromatic nitrogens is 2. The first-order valence-corrected chi connectivity index (χ1v) is 15.6. The van der Waals surface area contributed by atoms with Gasteiger partial charge in [-0.3, -0.25) is 4.79 Å². The van der Waals surface area contributed by atoms with Crippen LogP contribution in [0, 0.1) is 11.5 Å². The number of rotatable bonds is 5. The zero-order valence-corrected chi connectivity index (χ0v) is 22.5. The van der Waals surface area contributed by atoms with Crippen LogP contribution in [0.25, 0.3) is 0 Å². The molecule has 2 aromatic carbocycles. The maximum absolute atomic E-state index is 13.2. The predicted octanol–water partition coefficient (Wildman–Crippen LogP) is 7.28. The third-order valence-electron chi connectivity index (χ3n) is 6.04. The molecule has 0 aliphatic carbocycles. The Morgan fingerprint density at radius 1 is 0.857 bits per heavy atom. The summed E-state index contributed by atoms with van der Waals surface area (Å²) < 4.78 is 0. The summed E-state index contributed by atoms with van der Waals surface area (Å²) in [5.41, 5.74) is 10.2. The van der Waals surface area contributed by atoms with Gasteiger partial charge in [0.25, 0.3) is 0 Å². The molecule has 0 saturated carbocycles. The highest BCUT2D eigenvalue weighted by Gasteiger charge is 2.22. The van der Waals surface area contributed by atoms with Gasteiger partial charge >= 0.3 is 0 Å². The molecule has 1 atom stereocenters. The molecule has 2 N–H and O–H groups in total. The van der Waals surface area contributed by atoms with E-state index in [1.54, 1.807) is 0 Å². The number of aromatic amines is 2. The molecule has 4 rings (SSSR count). The van der Waals surface area contributed by atoms with Crippen molar-refractivity contribution in [2.24, 2.45) is 0 Å². The van der Waals surface area contributed by atoms with Gasteiger partial charge < -0.3 is 9.97 Å². The number of nitrogens with one attached hydrogen (secondary N) is 2. The smallest absolute Gasteiger partial charge is 0.209 e. The highest BCUT2D eigenvalue weighted by molar-refractivity contribution is 6.83. The van der Waals surface area contributed by atoms with E-state index in [9.17, 15) is 4.79 Å². The van der Waals surface area contributed by atoms with Crippen LogP contribution in [0.5, 0.6) is 0 Å². The maximum Gasteiger partial charge on any atom is 0.209 e. The molecule has 0 aliphatic heterocycles. The Balaban J connectivity index is 1.61. The summed E-state index contributed by atoms with van der Waals surface area (Å²) in [4.78, 5) is 20.0. The molecule has 178 valence electrons. The van der Waals surface area contributed by atoms with Gasteiger partial charge in [0.2, 0.25) is 5.78 Å². The van der Waals surface area contributed by atoms with E-state index >= 15 is 0 Å². The lowest BCUT2D eigenvalue weighted by Gasteiger charge is -2.21. The third-order valence-corrected chi connectivity index (χ3v) is 6.91. The Labute approximate surface area is 210 Å².